The van der Waals surface area contributed by atoms with Gasteiger partial charge in [0.2, 0.25) is 5.88 Å². The molecule has 5 heteroatoms. The highest BCUT2D eigenvalue weighted by Crippen LogP contribution is 2.24. The summed E-state index contributed by atoms with van der Waals surface area (Å²) in [4.78, 5) is 4.01. The summed E-state index contributed by atoms with van der Waals surface area (Å²) in [6, 6.07) is 7.28. The smallest absolute Gasteiger partial charge is 0.219 e. The van der Waals surface area contributed by atoms with Gasteiger partial charge in [-0.3, -0.25) is 0 Å². The summed E-state index contributed by atoms with van der Waals surface area (Å²) in [6.07, 6.45) is 4.02. The predicted octanol–water partition coefficient (Wildman–Crippen LogP) is 3.40. The van der Waals surface area contributed by atoms with Crippen LogP contribution in [0.4, 0.5) is 8.78 Å². The zero-order valence-electron chi connectivity index (χ0n) is 10.8. The summed E-state index contributed by atoms with van der Waals surface area (Å²) < 4.78 is 31.9. The molecule has 1 saturated carbocycles. The molecule has 20 heavy (non-hydrogen) atoms. The maximum Gasteiger partial charge on any atom is 0.219 e. The number of hydrogen-bond acceptors (Lipinski definition) is 3. The number of benzene rings is 1. The van der Waals surface area contributed by atoms with E-state index >= 15 is 0 Å². The summed E-state index contributed by atoms with van der Waals surface area (Å²) in [5, 5.41) is 3.37. The number of aromatic nitrogens is 1. The topological polar surface area (TPSA) is 34.1 Å². The zero-order chi connectivity index (χ0) is 13.9. The van der Waals surface area contributed by atoms with Crippen LogP contribution in [0.5, 0.6) is 11.6 Å². The molecule has 1 aromatic heterocycles. The Bertz CT molecular complexity index is 615. The van der Waals surface area contributed by atoms with Gasteiger partial charge in [-0.15, -0.1) is 0 Å². The first kappa shape index (κ1) is 13.0. The van der Waals surface area contributed by atoms with Gasteiger partial charge in [0.1, 0.15) is 5.82 Å². The minimum absolute atomic E-state index is 0.162. The molecule has 1 aromatic carbocycles. The first-order valence-electron chi connectivity index (χ1n) is 6.52. The van der Waals surface area contributed by atoms with Crippen LogP contribution in [0.1, 0.15) is 18.4 Å². The molecule has 104 valence electrons. The number of nitrogens with one attached hydrogen (secondary N) is 1. The summed E-state index contributed by atoms with van der Waals surface area (Å²) in [7, 11) is 0. The van der Waals surface area contributed by atoms with Crippen molar-refractivity contribution in [3.63, 3.8) is 0 Å². The molecule has 0 spiro atoms. The fraction of sp³-hybridized carbons (Fsp3) is 0.267. The molecule has 0 radical (unpaired) electrons. The lowest BCUT2D eigenvalue weighted by Crippen LogP contribution is -2.15. The fourth-order valence-corrected chi connectivity index (χ4v) is 1.83. The minimum Gasteiger partial charge on any atom is -0.436 e. The monoisotopic (exact) mass is 276 g/mol. The van der Waals surface area contributed by atoms with E-state index in [1.165, 1.54) is 12.8 Å². The van der Waals surface area contributed by atoms with E-state index in [0.717, 1.165) is 30.3 Å². The van der Waals surface area contributed by atoms with Crippen LogP contribution in [0.3, 0.4) is 0 Å². The largest absolute Gasteiger partial charge is 0.436 e. The van der Waals surface area contributed by atoms with Gasteiger partial charge in [-0.05, 0) is 36.6 Å². The molecule has 1 fully saturated rings. The second-order valence-electron chi connectivity index (χ2n) is 4.83. The number of halogens is 2. The lowest BCUT2D eigenvalue weighted by atomic mass is 10.2. The van der Waals surface area contributed by atoms with Crippen molar-refractivity contribution in [3.8, 4) is 11.6 Å². The molecule has 3 nitrogen and oxygen atoms in total. The van der Waals surface area contributed by atoms with Gasteiger partial charge in [-0.2, -0.15) is 0 Å². The van der Waals surface area contributed by atoms with Crippen LogP contribution >= 0.6 is 0 Å². The normalized spacial score (nSPS) is 14.3. The van der Waals surface area contributed by atoms with Gasteiger partial charge < -0.3 is 10.1 Å². The highest BCUT2D eigenvalue weighted by atomic mass is 19.1. The molecular formula is C15H14F2N2O. The van der Waals surface area contributed by atoms with Crippen LogP contribution in [0.25, 0.3) is 0 Å². The molecule has 0 unspecified atom stereocenters. The van der Waals surface area contributed by atoms with Crippen LogP contribution in [0.2, 0.25) is 0 Å². The molecule has 1 aliphatic carbocycles. The van der Waals surface area contributed by atoms with Crippen molar-refractivity contribution in [2.45, 2.75) is 25.4 Å². The molecule has 1 N–H and O–H groups in total. The van der Waals surface area contributed by atoms with Crippen molar-refractivity contribution in [3.05, 3.63) is 53.7 Å². The Hall–Kier alpha value is -2.01. The molecule has 3 rings (SSSR count). The second-order valence-corrected chi connectivity index (χ2v) is 4.83. The summed E-state index contributed by atoms with van der Waals surface area (Å²) in [5.74, 6) is -1.07. The number of pyridine rings is 1. The number of ether oxygens (including phenoxy) is 1. The molecule has 0 atom stereocenters. The van der Waals surface area contributed by atoms with Crippen molar-refractivity contribution in [1.29, 1.82) is 0 Å². The standard InChI is InChI=1S/C15H14F2N2O/c16-11-1-4-13(17)14(8-11)20-15-7-10(5-6-18-15)9-19-12-2-3-12/h1,4-8,12,19H,2-3,9H2. The van der Waals surface area contributed by atoms with E-state index in [4.69, 9.17) is 4.74 Å². The van der Waals surface area contributed by atoms with Gasteiger partial charge in [0, 0.05) is 30.9 Å². The lowest BCUT2D eigenvalue weighted by molar-refractivity contribution is 0.421. The Balaban J connectivity index is 1.72. The van der Waals surface area contributed by atoms with Gasteiger partial charge in [0.05, 0.1) is 0 Å². The van der Waals surface area contributed by atoms with E-state index < -0.39 is 11.6 Å². The Morgan fingerprint density at radius 3 is 2.85 bits per heavy atom. The molecule has 1 aliphatic rings. The van der Waals surface area contributed by atoms with Gasteiger partial charge >= 0.3 is 0 Å². The highest BCUT2D eigenvalue weighted by molar-refractivity contribution is 5.30. The highest BCUT2D eigenvalue weighted by Gasteiger charge is 2.20. The van der Waals surface area contributed by atoms with Gasteiger partial charge in [0.25, 0.3) is 0 Å². The first-order valence-corrected chi connectivity index (χ1v) is 6.52. The summed E-state index contributed by atoms with van der Waals surface area (Å²) >= 11 is 0. The van der Waals surface area contributed by atoms with Crippen molar-refractivity contribution in [2.75, 3.05) is 0 Å². The molecule has 1 heterocycles. The van der Waals surface area contributed by atoms with Gasteiger partial charge in [0.15, 0.2) is 11.6 Å². The average molecular weight is 276 g/mol. The third-order valence-electron chi connectivity index (χ3n) is 3.08. The summed E-state index contributed by atoms with van der Waals surface area (Å²) in [5.41, 5.74) is 0.999. The third-order valence-corrected chi connectivity index (χ3v) is 3.08. The third kappa shape index (κ3) is 3.30. The van der Waals surface area contributed by atoms with Crippen molar-refractivity contribution in [1.82, 2.24) is 10.3 Å². The van der Waals surface area contributed by atoms with Crippen molar-refractivity contribution >= 4 is 0 Å². The fourth-order valence-electron chi connectivity index (χ4n) is 1.83. The van der Waals surface area contributed by atoms with Crippen molar-refractivity contribution in [2.24, 2.45) is 0 Å². The van der Waals surface area contributed by atoms with E-state index in [2.05, 4.69) is 10.3 Å². The van der Waals surface area contributed by atoms with Gasteiger partial charge in [-0.25, -0.2) is 13.8 Å². The first-order chi connectivity index (χ1) is 9.70. The Labute approximate surface area is 115 Å². The van der Waals surface area contributed by atoms with Crippen molar-refractivity contribution < 1.29 is 13.5 Å². The van der Waals surface area contributed by atoms with Gasteiger partial charge in [-0.1, -0.05) is 0 Å². The maximum absolute atomic E-state index is 13.5. The zero-order valence-corrected chi connectivity index (χ0v) is 10.8. The quantitative estimate of drug-likeness (QED) is 0.908. The SMILES string of the molecule is Fc1ccc(F)c(Oc2cc(CNC3CC3)ccn2)c1. The molecule has 2 aromatic rings. The van der Waals surface area contributed by atoms with Crippen LogP contribution < -0.4 is 10.1 Å². The Morgan fingerprint density at radius 1 is 1.20 bits per heavy atom. The molecule has 0 saturated heterocycles. The average Bonchev–Trinajstić information content (AvgIpc) is 3.25. The second kappa shape index (κ2) is 5.54. The van der Waals surface area contributed by atoms with E-state index in [9.17, 15) is 8.78 Å². The number of nitrogens with zero attached hydrogens (tertiary/aromatic N) is 1. The van der Waals surface area contributed by atoms with E-state index in [0.29, 0.717) is 6.04 Å². The lowest BCUT2D eigenvalue weighted by Gasteiger charge is -2.08. The Kier molecular flexibility index (Phi) is 3.60. The van der Waals surface area contributed by atoms with Crippen LogP contribution in [-0.2, 0) is 6.54 Å². The van der Waals surface area contributed by atoms with Crippen LogP contribution in [0, 0.1) is 11.6 Å². The molecular weight excluding hydrogens is 262 g/mol. The minimum atomic E-state index is -0.616. The Morgan fingerprint density at radius 2 is 2.05 bits per heavy atom. The molecule has 0 bridgehead atoms. The maximum atomic E-state index is 13.5. The van der Waals surface area contributed by atoms with Crippen LogP contribution in [0.15, 0.2) is 36.5 Å². The van der Waals surface area contributed by atoms with E-state index in [1.54, 1.807) is 12.3 Å². The van der Waals surface area contributed by atoms with E-state index in [-0.39, 0.29) is 11.6 Å². The molecule has 0 aliphatic heterocycles. The number of rotatable bonds is 5. The van der Waals surface area contributed by atoms with E-state index in [1.807, 2.05) is 6.07 Å². The predicted molar refractivity (Wildman–Crippen MR) is 70.5 cm³/mol. The summed E-state index contributed by atoms with van der Waals surface area (Å²) in [6.45, 7) is 0.717. The molecule has 0 amide bonds. The van der Waals surface area contributed by atoms with Crippen LogP contribution in [-0.4, -0.2) is 11.0 Å². The number of hydrogen-bond donors (Lipinski definition) is 1.